The van der Waals surface area contributed by atoms with Crippen molar-refractivity contribution in [1.29, 1.82) is 0 Å². The van der Waals surface area contributed by atoms with Gasteiger partial charge in [-0.25, -0.2) is 4.39 Å². The van der Waals surface area contributed by atoms with Gasteiger partial charge in [0.25, 0.3) is 0 Å². The third-order valence-corrected chi connectivity index (χ3v) is 11.1. The van der Waals surface area contributed by atoms with Gasteiger partial charge in [0, 0.05) is 48.2 Å². The van der Waals surface area contributed by atoms with Crippen LogP contribution in [-0.4, -0.2) is 56.6 Å². The molecule has 40 heavy (non-hydrogen) atoms. The number of esters is 2. The van der Waals surface area contributed by atoms with Crippen LogP contribution in [0.25, 0.3) is 6.08 Å². The quantitative estimate of drug-likeness (QED) is 0.487. The van der Waals surface area contributed by atoms with Crippen LogP contribution in [0.3, 0.4) is 0 Å². The zero-order valence-corrected chi connectivity index (χ0v) is 24.6. The lowest BCUT2D eigenvalue weighted by Crippen LogP contribution is -2.70. The van der Waals surface area contributed by atoms with Crippen LogP contribution < -0.4 is 0 Å². The first-order valence-electron chi connectivity index (χ1n) is 14.9. The average Bonchev–Trinajstić information content (AvgIpc) is 3.41. The number of alkyl halides is 1. The Labute approximate surface area is 235 Å². The number of carbonyl (C=O) groups is 3. The zero-order chi connectivity index (χ0) is 29.3. The highest BCUT2D eigenvalue weighted by atomic mass is 19.1. The molecule has 0 aliphatic heterocycles. The van der Waals surface area contributed by atoms with Gasteiger partial charge in [-0.15, -0.1) is 0 Å². The van der Waals surface area contributed by atoms with Gasteiger partial charge in [-0.3, -0.25) is 19.1 Å². The molecule has 5 rings (SSSR count). The third-order valence-electron chi connectivity index (χ3n) is 11.1. The molecule has 1 heterocycles. The van der Waals surface area contributed by atoms with Gasteiger partial charge >= 0.3 is 11.9 Å². The van der Waals surface area contributed by atoms with Crippen molar-refractivity contribution in [2.24, 2.45) is 28.6 Å². The van der Waals surface area contributed by atoms with E-state index in [9.17, 15) is 19.5 Å². The van der Waals surface area contributed by atoms with E-state index in [1.54, 1.807) is 13.8 Å². The van der Waals surface area contributed by atoms with Gasteiger partial charge in [-0.1, -0.05) is 40.2 Å². The minimum atomic E-state index is -1.93. The number of ketones is 1. The molecule has 0 radical (unpaired) electrons. The number of aryl methyl sites for hydroxylation is 1. The summed E-state index contributed by atoms with van der Waals surface area (Å²) in [5, 5.41) is 16.5. The SMILES string of the molecule is CCC(=O)OCC(=O)[C@@]1(OC(=O)CC)[C@@H](C)C[C@H]2[C@@H]3CCC4=Cc5nn(CC)cc5C[C@]4(C)[C@@]3(F)[C@@H](O)C[C@@]21C. The van der Waals surface area contributed by atoms with Crippen molar-refractivity contribution in [3.8, 4) is 0 Å². The number of halogens is 1. The molecule has 1 aromatic rings. The number of nitrogens with zero attached hydrogens (tertiary/aromatic N) is 2. The number of hydrogen-bond acceptors (Lipinski definition) is 7. The Morgan fingerprint density at radius 2 is 1.85 bits per heavy atom. The summed E-state index contributed by atoms with van der Waals surface area (Å²) in [6.45, 7) is 11.2. The Bertz CT molecular complexity index is 1260. The second-order valence-corrected chi connectivity index (χ2v) is 12.9. The molecule has 4 aliphatic rings. The molecule has 220 valence electrons. The van der Waals surface area contributed by atoms with E-state index in [0.29, 0.717) is 25.7 Å². The summed E-state index contributed by atoms with van der Waals surface area (Å²) in [6.07, 6.45) is 4.85. The smallest absolute Gasteiger partial charge is 0.306 e. The first-order valence-corrected chi connectivity index (χ1v) is 14.9. The fourth-order valence-electron chi connectivity index (χ4n) is 9.07. The number of fused-ring (bicyclic) bond motifs is 6. The van der Waals surface area contributed by atoms with E-state index in [-0.39, 0.29) is 25.2 Å². The summed E-state index contributed by atoms with van der Waals surface area (Å²) in [5.74, 6) is -2.85. The van der Waals surface area contributed by atoms with Gasteiger partial charge < -0.3 is 14.6 Å². The van der Waals surface area contributed by atoms with Gasteiger partial charge in [-0.05, 0) is 56.6 Å². The van der Waals surface area contributed by atoms with Crippen LogP contribution in [0.2, 0.25) is 0 Å². The van der Waals surface area contributed by atoms with E-state index < -0.39 is 64.4 Å². The topological polar surface area (TPSA) is 108 Å². The number of aliphatic hydroxyl groups is 1. The molecule has 3 saturated carbocycles. The fourth-order valence-corrected chi connectivity index (χ4v) is 9.07. The number of aliphatic hydroxyl groups excluding tert-OH is 1. The summed E-state index contributed by atoms with van der Waals surface area (Å²) in [6, 6.07) is 0. The largest absolute Gasteiger partial charge is 0.457 e. The molecule has 0 saturated heterocycles. The standard InChI is InChI=1S/C31H43FN2O6/c1-7-26(37)39-17-25(36)31(40-27(38)8-2)18(4)12-22-21-11-10-20-13-23-19(16-34(9-3)33-23)14-28(20,5)30(21,32)24(35)15-29(22,31)6/h13,16,18,21-22,24,35H,7-12,14-15,17H2,1-6H3/t18-,21-,22-,24-,28-,29-,30-,31-/m0/s1. The minimum Gasteiger partial charge on any atom is -0.457 e. The van der Waals surface area contributed by atoms with Crippen LogP contribution >= 0.6 is 0 Å². The predicted octanol–water partition coefficient (Wildman–Crippen LogP) is 4.61. The molecule has 1 aromatic heterocycles. The molecule has 0 bridgehead atoms. The third kappa shape index (κ3) is 3.71. The highest BCUT2D eigenvalue weighted by Crippen LogP contribution is 2.72. The van der Waals surface area contributed by atoms with Gasteiger partial charge in [0.15, 0.2) is 12.2 Å². The second kappa shape index (κ2) is 9.78. The van der Waals surface area contributed by atoms with E-state index in [1.165, 1.54) is 0 Å². The number of carbonyl (C=O) groups excluding carboxylic acids is 3. The van der Waals surface area contributed by atoms with Gasteiger partial charge in [0.1, 0.15) is 5.67 Å². The maximum atomic E-state index is 18.0. The molecule has 1 N–H and O–H groups in total. The predicted molar refractivity (Wildman–Crippen MR) is 146 cm³/mol. The summed E-state index contributed by atoms with van der Waals surface area (Å²) in [4.78, 5) is 38.7. The Balaban J connectivity index is 1.57. The summed E-state index contributed by atoms with van der Waals surface area (Å²) < 4.78 is 31.1. The number of allylic oxidation sites excluding steroid dienone is 1. The Morgan fingerprint density at radius 1 is 1.15 bits per heavy atom. The first kappa shape index (κ1) is 29.0. The van der Waals surface area contributed by atoms with E-state index in [0.717, 1.165) is 23.4 Å². The number of rotatable bonds is 7. The summed E-state index contributed by atoms with van der Waals surface area (Å²) in [5.41, 5.74) is -2.70. The fraction of sp³-hybridized carbons (Fsp3) is 0.742. The zero-order valence-electron chi connectivity index (χ0n) is 24.6. The van der Waals surface area contributed by atoms with Gasteiger partial charge in [0.05, 0.1) is 11.8 Å². The molecule has 0 spiro atoms. The highest BCUT2D eigenvalue weighted by Gasteiger charge is 2.77. The van der Waals surface area contributed by atoms with Crippen LogP contribution in [-0.2, 0) is 36.8 Å². The van der Waals surface area contributed by atoms with Crippen LogP contribution in [0.5, 0.6) is 0 Å². The molecule has 0 unspecified atom stereocenters. The highest BCUT2D eigenvalue weighted by molar-refractivity contribution is 5.93. The van der Waals surface area contributed by atoms with E-state index in [1.807, 2.05) is 44.6 Å². The molecule has 0 aromatic carbocycles. The molecular weight excluding hydrogens is 515 g/mol. The molecule has 3 fully saturated rings. The number of Topliss-reactive ketones (excluding diaryl/α,β-unsaturated/α-hetero) is 1. The second-order valence-electron chi connectivity index (χ2n) is 12.9. The lowest BCUT2D eigenvalue weighted by atomic mass is 9.43. The van der Waals surface area contributed by atoms with Crippen molar-refractivity contribution >= 4 is 23.8 Å². The molecule has 8 atom stereocenters. The lowest BCUT2D eigenvalue weighted by molar-refractivity contribution is -0.234. The summed E-state index contributed by atoms with van der Waals surface area (Å²) >= 11 is 0. The minimum absolute atomic E-state index is 0.0383. The van der Waals surface area contributed by atoms with Crippen molar-refractivity contribution in [1.82, 2.24) is 9.78 Å². The van der Waals surface area contributed by atoms with Gasteiger partial charge in [-0.2, -0.15) is 5.10 Å². The maximum Gasteiger partial charge on any atom is 0.306 e. The van der Waals surface area contributed by atoms with Crippen LogP contribution in [0, 0.1) is 28.6 Å². The van der Waals surface area contributed by atoms with Gasteiger partial charge in [0.2, 0.25) is 5.78 Å². The average molecular weight is 559 g/mol. The van der Waals surface area contributed by atoms with Crippen molar-refractivity contribution in [2.45, 2.75) is 110 Å². The normalized spacial score (nSPS) is 39.8. The Kier molecular flexibility index (Phi) is 7.08. The molecule has 9 heteroatoms. The Morgan fingerprint density at radius 3 is 2.50 bits per heavy atom. The molecule has 8 nitrogen and oxygen atoms in total. The van der Waals surface area contributed by atoms with E-state index >= 15 is 4.39 Å². The van der Waals surface area contributed by atoms with Crippen molar-refractivity contribution < 1.29 is 33.4 Å². The van der Waals surface area contributed by atoms with Crippen LogP contribution in [0.4, 0.5) is 4.39 Å². The van der Waals surface area contributed by atoms with E-state index in [2.05, 4.69) is 5.10 Å². The van der Waals surface area contributed by atoms with E-state index in [4.69, 9.17) is 9.47 Å². The molecule has 4 aliphatic carbocycles. The van der Waals surface area contributed by atoms with Crippen molar-refractivity contribution in [3.05, 3.63) is 23.0 Å². The van der Waals surface area contributed by atoms with Crippen molar-refractivity contribution in [3.63, 3.8) is 0 Å². The number of ether oxygens (including phenoxy) is 2. The monoisotopic (exact) mass is 558 g/mol. The summed E-state index contributed by atoms with van der Waals surface area (Å²) in [7, 11) is 0. The first-order chi connectivity index (χ1) is 18.8. The Hall–Kier alpha value is -2.55. The van der Waals surface area contributed by atoms with Crippen LogP contribution in [0.15, 0.2) is 11.8 Å². The maximum absolute atomic E-state index is 18.0. The molecule has 0 amide bonds. The van der Waals surface area contributed by atoms with Crippen LogP contribution in [0.1, 0.15) is 91.3 Å². The van der Waals surface area contributed by atoms with Crippen molar-refractivity contribution in [2.75, 3.05) is 6.61 Å². The molecular formula is C31H43FN2O6. The number of aromatic nitrogens is 2. The lowest BCUT2D eigenvalue weighted by Gasteiger charge is -2.63. The number of hydrogen-bond donors (Lipinski definition) is 1.